The summed E-state index contributed by atoms with van der Waals surface area (Å²) in [5.74, 6) is 0.500. The molecular weight excluding hydrogens is 289 g/mol. The first-order valence-corrected chi connectivity index (χ1v) is 7.50. The third-order valence-electron chi connectivity index (χ3n) is 3.74. The third-order valence-corrected chi connectivity index (χ3v) is 3.97. The number of ether oxygens (including phenoxy) is 1. The van der Waals surface area contributed by atoms with Gasteiger partial charge in [0.05, 0.1) is 0 Å². The van der Waals surface area contributed by atoms with Crippen molar-refractivity contribution in [2.75, 3.05) is 6.54 Å². The first-order chi connectivity index (χ1) is 10.2. The van der Waals surface area contributed by atoms with Gasteiger partial charge in [-0.1, -0.05) is 30.7 Å². The van der Waals surface area contributed by atoms with Gasteiger partial charge in [-0.15, -0.1) is 0 Å². The topological polar surface area (TPSA) is 21.3 Å². The van der Waals surface area contributed by atoms with Gasteiger partial charge in [-0.25, -0.2) is 4.39 Å². The lowest BCUT2D eigenvalue weighted by Crippen LogP contribution is -2.29. The molecule has 1 aliphatic heterocycles. The second-order valence-corrected chi connectivity index (χ2v) is 5.63. The average Bonchev–Trinajstić information content (AvgIpc) is 2.48. The number of hydrogen-bond acceptors (Lipinski definition) is 2. The van der Waals surface area contributed by atoms with Gasteiger partial charge in [0.15, 0.2) is 0 Å². The predicted molar refractivity (Wildman–Crippen MR) is 82.3 cm³/mol. The molecule has 0 saturated heterocycles. The Labute approximate surface area is 128 Å². The van der Waals surface area contributed by atoms with Crippen molar-refractivity contribution in [1.82, 2.24) is 5.32 Å². The van der Waals surface area contributed by atoms with Crippen molar-refractivity contribution in [3.05, 3.63) is 64.4 Å². The number of halogens is 2. The Hall–Kier alpha value is -1.58. The van der Waals surface area contributed by atoms with Crippen molar-refractivity contribution in [2.24, 2.45) is 0 Å². The highest BCUT2D eigenvalue weighted by Crippen LogP contribution is 2.41. The molecule has 0 radical (unpaired) electrons. The Morgan fingerprint density at radius 2 is 2.14 bits per heavy atom. The summed E-state index contributed by atoms with van der Waals surface area (Å²) in [4.78, 5) is 0. The predicted octanol–water partition coefficient (Wildman–Crippen LogP) is 4.65. The van der Waals surface area contributed by atoms with Crippen LogP contribution in [0.25, 0.3) is 0 Å². The summed E-state index contributed by atoms with van der Waals surface area (Å²) in [5.41, 5.74) is 1.93. The molecule has 0 amide bonds. The van der Waals surface area contributed by atoms with Crippen LogP contribution >= 0.6 is 11.6 Å². The molecule has 2 aromatic rings. The lowest BCUT2D eigenvalue weighted by Gasteiger charge is -2.33. The zero-order valence-electron chi connectivity index (χ0n) is 11.8. The number of benzene rings is 2. The van der Waals surface area contributed by atoms with E-state index in [4.69, 9.17) is 16.3 Å². The van der Waals surface area contributed by atoms with Crippen molar-refractivity contribution in [3.63, 3.8) is 0 Å². The van der Waals surface area contributed by atoms with Crippen LogP contribution < -0.4 is 10.1 Å². The fraction of sp³-hybridized carbons (Fsp3) is 0.294. The number of rotatable bonds is 3. The number of fused-ring (bicyclic) bond motifs is 1. The molecule has 2 aromatic carbocycles. The Balaban J connectivity index is 1.95. The van der Waals surface area contributed by atoms with E-state index in [0.29, 0.717) is 5.02 Å². The maximum absolute atomic E-state index is 13.5. The van der Waals surface area contributed by atoms with Crippen LogP contribution in [-0.4, -0.2) is 6.54 Å². The van der Waals surface area contributed by atoms with Crippen LogP contribution in [0.3, 0.4) is 0 Å². The summed E-state index contributed by atoms with van der Waals surface area (Å²) in [6.45, 7) is 2.87. The second kappa shape index (κ2) is 6.04. The Morgan fingerprint density at radius 1 is 1.29 bits per heavy atom. The van der Waals surface area contributed by atoms with E-state index < -0.39 is 0 Å². The molecule has 1 heterocycles. The summed E-state index contributed by atoms with van der Waals surface area (Å²) in [5, 5.41) is 4.10. The minimum atomic E-state index is -0.235. The van der Waals surface area contributed by atoms with Crippen molar-refractivity contribution in [3.8, 4) is 5.75 Å². The lowest BCUT2D eigenvalue weighted by molar-refractivity contribution is 0.151. The molecule has 0 aromatic heterocycles. The highest BCUT2D eigenvalue weighted by Gasteiger charge is 2.29. The van der Waals surface area contributed by atoms with Gasteiger partial charge in [-0.3, -0.25) is 0 Å². The van der Waals surface area contributed by atoms with Crippen LogP contribution in [0.1, 0.15) is 36.6 Å². The zero-order chi connectivity index (χ0) is 14.8. The molecule has 21 heavy (non-hydrogen) atoms. The standard InChI is InChI=1S/C17H17ClFNO/c1-2-20-15-10-17(11-4-3-5-12(18)8-11)21-16-7-6-13(19)9-14(15)16/h3-9,15,17,20H,2,10H2,1H3. The molecule has 0 spiro atoms. The first kappa shape index (κ1) is 14.4. The van der Waals surface area contributed by atoms with Crippen molar-refractivity contribution in [1.29, 1.82) is 0 Å². The van der Waals surface area contributed by atoms with Crippen LogP contribution in [-0.2, 0) is 0 Å². The summed E-state index contributed by atoms with van der Waals surface area (Å²) < 4.78 is 19.5. The molecular formula is C17H17ClFNO. The summed E-state index contributed by atoms with van der Waals surface area (Å²) >= 11 is 6.06. The van der Waals surface area contributed by atoms with E-state index in [1.807, 2.05) is 31.2 Å². The molecule has 3 rings (SSSR count). The van der Waals surface area contributed by atoms with Gasteiger partial charge in [0.25, 0.3) is 0 Å². The smallest absolute Gasteiger partial charge is 0.126 e. The van der Waals surface area contributed by atoms with E-state index in [0.717, 1.165) is 29.8 Å². The SMILES string of the molecule is CCNC1CC(c2cccc(Cl)c2)Oc2ccc(F)cc21. The van der Waals surface area contributed by atoms with Crippen LogP contribution in [0, 0.1) is 5.82 Å². The largest absolute Gasteiger partial charge is 0.485 e. The van der Waals surface area contributed by atoms with E-state index in [1.54, 1.807) is 12.1 Å². The zero-order valence-corrected chi connectivity index (χ0v) is 12.5. The van der Waals surface area contributed by atoms with E-state index in [-0.39, 0.29) is 18.0 Å². The van der Waals surface area contributed by atoms with Crippen LogP contribution in [0.2, 0.25) is 5.02 Å². The summed E-state index contributed by atoms with van der Waals surface area (Å²) in [6, 6.07) is 12.5. The highest BCUT2D eigenvalue weighted by molar-refractivity contribution is 6.30. The fourth-order valence-corrected chi connectivity index (χ4v) is 2.99. The van der Waals surface area contributed by atoms with Crippen LogP contribution in [0.15, 0.2) is 42.5 Å². The summed E-state index contributed by atoms with van der Waals surface area (Å²) in [6.07, 6.45) is 0.677. The maximum Gasteiger partial charge on any atom is 0.126 e. The van der Waals surface area contributed by atoms with E-state index in [1.165, 1.54) is 6.07 Å². The van der Waals surface area contributed by atoms with Crippen molar-refractivity contribution in [2.45, 2.75) is 25.5 Å². The van der Waals surface area contributed by atoms with Crippen LogP contribution in [0.4, 0.5) is 4.39 Å². The minimum Gasteiger partial charge on any atom is -0.485 e. The molecule has 1 N–H and O–H groups in total. The quantitative estimate of drug-likeness (QED) is 0.891. The Morgan fingerprint density at radius 3 is 2.90 bits per heavy atom. The monoisotopic (exact) mass is 305 g/mol. The number of nitrogens with one attached hydrogen (secondary N) is 1. The molecule has 0 saturated carbocycles. The molecule has 2 unspecified atom stereocenters. The molecule has 110 valence electrons. The van der Waals surface area contributed by atoms with Crippen molar-refractivity contribution < 1.29 is 9.13 Å². The van der Waals surface area contributed by atoms with E-state index >= 15 is 0 Å². The van der Waals surface area contributed by atoms with Gasteiger partial charge < -0.3 is 10.1 Å². The molecule has 0 aliphatic carbocycles. The Kier molecular flexibility index (Phi) is 4.13. The summed E-state index contributed by atoms with van der Waals surface area (Å²) in [7, 11) is 0. The molecule has 0 bridgehead atoms. The molecule has 4 heteroatoms. The molecule has 0 fully saturated rings. The normalized spacial score (nSPS) is 20.7. The maximum atomic E-state index is 13.5. The highest BCUT2D eigenvalue weighted by atomic mass is 35.5. The van der Waals surface area contributed by atoms with Crippen LogP contribution in [0.5, 0.6) is 5.75 Å². The van der Waals surface area contributed by atoms with Gasteiger partial charge in [-0.05, 0) is 42.4 Å². The van der Waals surface area contributed by atoms with E-state index in [2.05, 4.69) is 5.32 Å². The van der Waals surface area contributed by atoms with Gasteiger partial charge in [0, 0.05) is 23.0 Å². The molecule has 1 aliphatic rings. The van der Waals surface area contributed by atoms with Gasteiger partial charge in [-0.2, -0.15) is 0 Å². The molecule has 2 nitrogen and oxygen atoms in total. The van der Waals surface area contributed by atoms with Crippen molar-refractivity contribution >= 4 is 11.6 Å². The third kappa shape index (κ3) is 3.04. The average molecular weight is 306 g/mol. The second-order valence-electron chi connectivity index (χ2n) is 5.19. The Bertz CT molecular complexity index is 646. The first-order valence-electron chi connectivity index (χ1n) is 7.12. The van der Waals surface area contributed by atoms with Gasteiger partial charge in [0.1, 0.15) is 17.7 Å². The minimum absolute atomic E-state index is 0.0780. The lowest BCUT2D eigenvalue weighted by atomic mass is 9.93. The van der Waals surface area contributed by atoms with Gasteiger partial charge in [0.2, 0.25) is 0 Å². The van der Waals surface area contributed by atoms with E-state index in [9.17, 15) is 4.39 Å². The molecule has 2 atom stereocenters. The fourth-order valence-electron chi connectivity index (χ4n) is 2.79. The van der Waals surface area contributed by atoms with Gasteiger partial charge >= 0.3 is 0 Å². The number of hydrogen-bond donors (Lipinski definition) is 1.